The lowest BCUT2D eigenvalue weighted by atomic mass is 10.2. The van der Waals surface area contributed by atoms with E-state index in [1.54, 1.807) is 4.90 Å². The maximum atomic E-state index is 11.8. The van der Waals surface area contributed by atoms with Crippen LogP contribution in [-0.4, -0.2) is 41.8 Å². The van der Waals surface area contributed by atoms with E-state index in [1.807, 2.05) is 13.8 Å². The van der Waals surface area contributed by atoms with Gasteiger partial charge < -0.3 is 9.64 Å². The van der Waals surface area contributed by atoms with Crippen LogP contribution in [0.3, 0.4) is 0 Å². The highest BCUT2D eigenvalue weighted by atomic mass is 79.9. The number of halogens is 1. The standard InChI is InChI=1S/C11H20BrNO3/c1-9(2)13(8-11(15)16-3)10(14)6-4-5-7-12/h9H,4-8H2,1-3H3. The van der Waals surface area contributed by atoms with Gasteiger partial charge in [0.15, 0.2) is 0 Å². The molecule has 0 aliphatic heterocycles. The molecular formula is C11H20BrNO3. The van der Waals surface area contributed by atoms with E-state index in [1.165, 1.54) is 7.11 Å². The van der Waals surface area contributed by atoms with Gasteiger partial charge >= 0.3 is 5.97 Å². The molecule has 0 atom stereocenters. The third-order valence-electron chi connectivity index (χ3n) is 2.25. The number of esters is 1. The summed E-state index contributed by atoms with van der Waals surface area (Å²) >= 11 is 3.32. The molecule has 0 aromatic heterocycles. The van der Waals surface area contributed by atoms with Crippen LogP contribution in [0.2, 0.25) is 0 Å². The molecule has 5 heteroatoms. The molecular weight excluding hydrogens is 274 g/mol. The van der Waals surface area contributed by atoms with Gasteiger partial charge in [0.25, 0.3) is 0 Å². The summed E-state index contributed by atoms with van der Waals surface area (Å²) in [6.07, 6.45) is 2.30. The lowest BCUT2D eigenvalue weighted by Crippen LogP contribution is -2.40. The number of methoxy groups -OCH3 is 1. The summed E-state index contributed by atoms with van der Waals surface area (Å²) in [6.45, 7) is 3.83. The summed E-state index contributed by atoms with van der Waals surface area (Å²) in [4.78, 5) is 24.5. The number of carbonyl (C=O) groups is 2. The molecule has 16 heavy (non-hydrogen) atoms. The van der Waals surface area contributed by atoms with Crippen LogP contribution >= 0.6 is 15.9 Å². The predicted octanol–water partition coefficient (Wildman–Crippen LogP) is 1.96. The van der Waals surface area contributed by atoms with Crippen molar-refractivity contribution in [2.75, 3.05) is 19.0 Å². The quantitative estimate of drug-likeness (QED) is 0.410. The van der Waals surface area contributed by atoms with Crippen molar-refractivity contribution < 1.29 is 14.3 Å². The van der Waals surface area contributed by atoms with Crippen molar-refractivity contribution in [2.24, 2.45) is 0 Å². The monoisotopic (exact) mass is 293 g/mol. The molecule has 0 aromatic rings. The van der Waals surface area contributed by atoms with Crippen molar-refractivity contribution >= 4 is 27.8 Å². The topological polar surface area (TPSA) is 46.6 Å². The maximum Gasteiger partial charge on any atom is 0.325 e. The van der Waals surface area contributed by atoms with Gasteiger partial charge in [0.1, 0.15) is 6.54 Å². The second-order valence-corrected chi connectivity index (χ2v) is 4.63. The lowest BCUT2D eigenvalue weighted by molar-refractivity contribution is -0.148. The summed E-state index contributed by atoms with van der Waals surface area (Å²) < 4.78 is 4.57. The largest absolute Gasteiger partial charge is 0.468 e. The first-order valence-electron chi connectivity index (χ1n) is 5.45. The van der Waals surface area contributed by atoms with Gasteiger partial charge in [0.2, 0.25) is 5.91 Å². The van der Waals surface area contributed by atoms with Crippen LogP contribution in [0.1, 0.15) is 33.1 Å². The van der Waals surface area contributed by atoms with Gasteiger partial charge in [-0.3, -0.25) is 9.59 Å². The molecule has 0 heterocycles. The molecule has 94 valence electrons. The summed E-state index contributed by atoms with van der Waals surface area (Å²) in [7, 11) is 1.33. The molecule has 0 N–H and O–H groups in total. The third kappa shape index (κ3) is 6.10. The molecule has 0 radical (unpaired) electrons. The van der Waals surface area contributed by atoms with Gasteiger partial charge in [-0.25, -0.2) is 0 Å². The van der Waals surface area contributed by atoms with Crippen molar-refractivity contribution in [1.82, 2.24) is 4.90 Å². The Kier molecular flexibility index (Phi) is 8.25. The Labute approximate surface area is 105 Å². The minimum Gasteiger partial charge on any atom is -0.468 e. The van der Waals surface area contributed by atoms with Crippen LogP contribution in [0.4, 0.5) is 0 Å². The fourth-order valence-corrected chi connectivity index (χ4v) is 1.67. The maximum absolute atomic E-state index is 11.8. The number of carbonyl (C=O) groups excluding carboxylic acids is 2. The molecule has 0 spiro atoms. The van der Waals surface area contributed by atoms with Crippen molar-refractivity contribution in [3.8, 4) is 0 Å². The Balaban J connectivity index is 4.19. The predicted molar refractivity (Wildman–Crippen MR) is 66.5 cm³/mol. The molecule has 0 aliphatic rings. The molecule has 0 unspecified atom stereocenters. The summed E-state index contributed by atoms with van der Waals surface area (Å²) in [5.74, 6) is -0.358. The molecule has 0 aliphatic carbocycles. The van der Waals surface area contributed by atoms with Crippen molar-refractivity contribution in [2.45, 2.75) is 39.2 Å². The number of amides is 1. The minimum atomic E-state index is -0.373. The Morgan fingerprint density at radius 3 is 2.38 bits per heavy atom. The van der Waals surface area contributed by atoms with Crippen LogP contribution in [0.5, 0.6) is 0 Å². The average molecular weight is 294 g/mol. The van der Waals surface area contributed by atoms with Crippen LogP contribution in [0.25, 0.3) is 0 Å². The van der Waals surface area contributed by atoms with Crippen LogP contribution in [0.15, 0.2) is 0 Å². The van der Waals surface area contributed by atoms with Crippen molar-refractivity contribution in [1.29, 1.82) is 0 Å². The number of ether oxygens (including phenoxy) is 1. The first kappa shape index (κ1) is 15.4. The molecule has 4 nitrogen and oxygen atoms in total. The van der Waals surface area contributed by atoms with Gasteiger partial charge in [0.05, 0.1) is 7.11 Å². The summed E-state index contributed by atoms with van der Waals surface area (Å²) in [6, 6.07) is 0.0237. The van der Waals surface area contributed by atoms with E-state index in [0.717, 1.165) is 18.2 Å². The van der Waals surface area contributed by atoms with Gasteiger partial charge in [-0.1, -0.05) is 15.9 Å². The highest BCUT2D eigenvalue weighted by Crippen LogP contribution is 2.06. The molecule has 0 fully saturated rings. The summed E-state index contributed by atoms with van der Waals surface area (Å²) in [5.41, 5.74) is 0. The van der Waals surface area contributed by atoms with E-state index in [9.17, 15) is 9.59 Å². The number of rotatable bonds is 7. The molecule has 0 saturated heterocycles. The number of hydrogen-bond donors (Lipinski definition) is 0. The zero-order valence-corrected chi connectivity index (χ0v) is 11.7. The van der Waals surface area contributed by atoms with Gasteiger partial charge in [0, 0.05) is 17.8 Å². The first-order valence-corrected chi connectivity index (χ1v) is 6.57. The van der Waals surface area contributed by atoms with Crippen molar-refractivity contribution in [3.05, 3.63) is 0 Å². The fraction of sp³-hybridized carbons (Fsp3) is 0.818. The van der Waals surface area contributed by atoms with E-state index in [2.05, 4.69) is 20.7 Å². The number of hydrogen-bond acceptors (Lipinski definition) is 3. The first-order chi connectivity index (χ1) is 7.52. The summed E-state index contributed by atoms with van der Waals surface area (Å²) in [5, 5.41) is 0.902. The van der Waals surface area contributed by atoms with Gasteiger partial charge in [-0.15, -0.1) is 0 Å². The molecule has 0 saturated carbocycles. The Morgan fingerprint density at radius 1 is 1.31 bits per heavy atom. The average Bonchev–Trinajstić information content (AvgIpc) is 2.25. The Morgan fingerprint density at radius 2 is 1.94 bits per heavy atom. The fourth-order valence-electron chi connectivity index (χ4n) is 1.28. The van der Waals surface area contributed by atoms with E-state index in [4.69, 9.17) is 0 Å². The molecule has 0 bridgehead atoms. The molecule has 0 aromatic carbocycles. The normalized spacial score (nSPS) is 10.3. The number of alkyl halides is 1. The van der Waals surface area contributed by atoms with Crippen LogP contribution in [-0.2, 0) is 14.3 Å². The number of nitrogens with zero attached hydrogens (tertiary/aromatic N) is 1. The number of unbranched alkanes of at least 4 members (excludes halogenated alkanes) is 1. The van der Waals surface area contributed by atoms with E-state index < -0.39 is 0 Å². The molecule has 0 rings (SSSR count). The van der Waals surface area contributed by atoms with Crippen LogP contribution in [0, 0.1) is 0 Å². The van der Waals surface area contributed by atoms with E-state index in [0.29, 0.717) is 6.42 Å². The van der Waals surface area contributed by atoms with E-state index >= 15 is 0 Å². The van der Waals surface area contributed by atoms with Gasteiger partial charge in [-0.05, 0) is 26.7 Å². The zero-order chi connectivity index (χ0) is 12.6. The SMILES string of the molecule is COC(=O)CN(C(=O)CCCCBr)C(C)C. The van der Waals surface area contributed by atoms with Crippen molar-refractivity contribution in [3.63, 3.8) is 0 Å². The third-order valence-corrected chi connectivity index (χ3v) is 2.81. The Bertz CT molecular complexity index is 231. The van der Waals surface area contributed by atoms with Gasteiger partial charge in [-0.2, -0.15) is 0 Å². The molecule has 1 amide bonds. The minimum absolute atomic E-state index is 0.0151. The second-order valence-electron chi connectivity index (χ2n) is 3.84. The smallest absolute Gasteiger partial charge is 0.325 e. The lowest BCUT2D eigenvalue weighted by Gasteiger charge is -2.25. The highest BCUT2D eigenvalue weighted by molar-refractivity contribution is 9.09. The second kappa shape index (κ2) is 8.56. The zero-order valence-electron chi connectivity index (χ0n) is 10.2. The van der Waals surface area contributed by atoms with E-state index in [-0.39, 0.29) is 24.5 Å². The highest BCUT2D eigenvalue weighted by Gasteiger charge is 2.19. The Hall–Kier alpha value is -0.580. The van der Waals surface area contributed by atoms with Crippen LogP contribution < -0.4 is 0 Å².